The van der Waals surface area contributed by atoms with Crippen molar-refractivity contribution in [1.29, 1.82) is 0 Å². The predicted molar refractivity (Wildman–Crippen MR) is 229 cm³/mol. The van der Waals surface area contributed by atoms with Gasteiger partial charge < -0.3 is 5.11 Å². The number of pyridine rings is 1. The minimum Gasteiger partial charge on any atom is -0.507 e. The smallest absolute Gasteiger partial charge is 0.149 e. The Labute approximate surface area is 324 Å². The summed E-state index contributed by atoms with van der Waals surface area (Å²) in [5.74, 6) is 0.978. The average Bonchev–Trinajstić information content (AvgIpc) is 3.58. The van der Waals surface area contributed by atoms with Crippen molar-refractivity contribution in [2.45, 2.75) is 58.8 Å². The van der Waals surface area contributed by atoms with Crippen LogP contribution in [0.5, 0.6) is 5.75 Å². The van der Waals surface area contributed by atoms with Crippen molar-refractivity contribution < 1.29 is 5.11 Å². The van der Waals surface area contributed by atoms with E-state index in [4.69, 9.17) is 9.97 Å². The number of phenolic OH excluding ortho intramolecular Hbond substituents is 1. The fourth-order valence-electron chi connectivity index (χ4n) is 7.49. The maximum atomic E-state index is 12.1. The van der Waals surface area contributed by atoms with Crippen molar-refractivity contribution in [1.82, 2.24) is 14.5 Å². The van der Waals surface area contributed by atoms with Gasteiger partial charge in [0.15, 0.2) is 0 Å². The summed E-state index contributed by atoms with van der Waals surface area (Å²) in [7, 11) is 0. The van der Waals surface area contributed by atoms with Gasteiger partial charge in [-0.3, -0.25) is 9.55 Å². The molecule has 0 fully saturated rings. The Bertz CT molecular complexity index is 2630. The lowest BCUT2D eigenvalue weighted by molar-refractivity contribution is 0.446. The van der Waals surface area contributed by atoms with Crippen LogP contribution >= 0.6 is 0 Å². The zero-order valence-electron chi connectivity index (χ0n) is 32.5. The molecule has 1 N–H and O–H groups in total. The van der Waals surface area contributed by atoms with Crippen LogP contribution < -0.4 is 0 Å². The first kappa shape index (κ1) is 35.8. The summed E-state index contributed by atoms with van der Waals surface area (Å²) in [6.45, 7) is 13.1. The molecule has 0 saturated heterocycles. The molecule has 272 valence electrons. The van der Waals surface area contributed by atoms with E-state index >= 15 is 0 Å². The van der Waals surface area contributed by atoms with Gasteiger partial charge in [-0.2, -0.15) is 0 Å². The summed E-state index contributed by atoms with van der Waals surface area (Å²) in [4.78, 5) is 10.4. The summed E-state index contributed by atoms with van der Waals surface area (Å²) >= 11 is 0. The van der Waals surface area contributed by atoms with Crippen LogP contribution in [-0.2, 0) is 17.3 Å². The van der Waals surface area contributed by atoms with E-state index in [0.29, 0.717) is 5.82 Å². The molecule has 8 aromatic rings. The average molecular weight is 718 g/mol. The van der Waals surface area contributed by atoms with Crippen molar-refractivity contribution in [3.8, 4) is 56.3 Å². The van der Waals surface area contributed by atoms with Crippen LogP contribution in [0, 0.1) is 0 Å². The number of nitrogens with zero attached hydrogens (tertiary/aromatic N) is 3. The van der Waals surface area contributed by atoms with Crippen molar-refractivity contribution >= 4 is 11.0 Å². The fraction of sp³-hybridized carbons (Fsp3) is 0.176. The Kier molecular flexibility index (Phi) is 9.22. The van der Waals surface area contributed by atoms with E-state index in [9.17, 15) is 5.11 Å². The molecule has 8 rings (SSSR count). The van der Waals surface area contributed by atoms with Crippen LogP contribution in [0.4, 0.5) is 0 Å². The van der Waals surface area contributed by atoms with E-state index in [2.05, 4.69) is 186 Å². The van der Waals surface area contributed by atoms with Gasteiger partial charge in [0.25, 0.3) is 0 Å². The molecule has 0 aliphatic heterocycles. The second-order valence-electron chi connectivity index (χ2n) is 16.6. The summed E-state index contributed by atoms with van der Waals surface area (Å²) in [6.07, 6.45) is 2.68. The molecule has 0 bridgehead atoms. The Morgan fingerprint density at radius 1 is 0.545 bits per heavy atom. The molecule has 4 nitrogen and oxygen atoms in total. The van der Waals surface area contributed by atoms with Gasteiger partial charge in [-0.15, -0.1) is 0 Å². The maximum Gasteiger partial charge on any atom is 0.149 e. The highest BCUT2D eigenvalue weighted by Crippen LogP contribution is 2.44. The van der Waals surface area contributed by atoms with Gasteiger partial charge in [0.2, 0.25) is 0 Å². The molecular formula is C51H47N3O. The third-order valence-corrected chi connectivity index (χ3v) is 10.4. The molecule has 0 aliphatic carbocycles. The second kappa shape index (κ2) is 14.2. The topological polar surface area (TPSA) is 50.9 Å². The molecule has 6 aromatic carbocycles. The Morgan fingerprint density at radius 3 is 1.91 bits per heavy atom. The zero-order valence-corrected chi connectivity index (χ0v) is 32.5. The minimum atomic E-state index is -0.281. The quantitative estimate of drug-likeness (QED) is 0.179. The van der Waals surface area contributed by atoms with E-state index in [1.54, 1.807) is 0 Å². The number of fused-ring (bicyclic) bond motifs is 1. The number of hydrogen-bond donors (Lipinski definition) is 1. The Balaban J connectivity index is 1.38. The van der Waals surface area contributed by atoms with E-state index < -0.39 is 0 Å². The molecule has 0 aliphatic rings. The summed E-state index contributed by atoms with van der Waals surface area (Å²) < 4.78 is 2.20. The van der Waals surface area contributed by atoms with Crippen LogP contribution in [-0.4, -0.2) is 19.6 Å². The first-order chi connectivity index (χ1) is 26.4. The molecule has 55 heavy (non-hydrogen) atoms. The normalized spacial score (nSPS) is 12.0. The van der Waals surface area contributed by atoms with Crippen molar-refractivity contribution in [2.75, 3.05) is 0 Å². The SMILES string of the molecule is CC(C)(C)c1cc(-c2nc3c(-c4cc(Cc5ccccc5)cc(-c5cc(-c6ccccc6)ccn5)c4)cccc3n2-c2ccccc2)c(O)c(C(C)(C)C)c1. The highest BCUT2D eigenvalue weighted by molar-refractivity contribution is 5.97. The number of imidazole rings is 1. The molecule has 0 radical (unpaired) electrons. The number of hydrogen-bond acceptors (Lipinski definition) is 3. The van der Waals surface area contributed by atoms with E-state index in [1.165, 1.54) is 11.1 Å². The number of phenols is 1. The van der Waals surface area contributed by atoms with Gasteiger partial charge in [0.05, 0.1) is 22.3 Å². The van der Waals surface area contributed by atoms with Gasteiger partial charge in [0, 0.05) is 28.6 Å². The Hall–Kier alpha value is -6.26. The van der Waals surface area contributed by atoms with Gasteiger partial charge in [0.1, 0.15) is 11.6 Å². The number of para-hydroxylation sites is 2. The highest BCUT2D eigenvalue weighted by atomic mass is 16.3. The van der Waals surface area contributed by atoms with Gasteiger partial charge >= 0.3 is 0 Å². The van der Waals surface area contributed by atoms with Gasteiger partial charge in [-0.25, -0.2) is 4.98 Å². The summed E-state index contributed by atoms with van der Waals surface area (Å²) in [5, 5.41) is 12.1. The van der Waals surface area contributed by atoms with Crippen molar-refractivity contribution in [2.24, 2.45) is 0 Å². The lowest BCUT2D eigenvalue weighted by Crippen LogP contribution is -2.17. The zero-order chi connectivity index (χ0) is 38.3. The largest absolute Gasteiger partial charge is 0.507 e. The summed E-state index contributed by atoms with van der Waals surface area (Å²) in [6, 6.07) is 53.2. The fourth-order valence-corrected chi connectivity index (χ4v) is 7.49. The maximum absolute atomic E-state index is 12.1. The summed E-state index contributed by atoms with van der Waals surface area (Å²) in [5.41, 5.74) is 13.9. The highest BCUT2D eigenvalue weighted by Gasteiger charge is 2.28. The number of aromatic nitrogens is 3. The molecule has 0 amide bonds. The molecular weight excluding hydrogens is 671 g/mol. The van der Waals surface area contributed by atoms with Crippen LogP contribution in [0.1, 0.15) is 63.8 Å². The number of benzene rings is 6. The van der Waals surface area contributed by atoms with Crippen molar-refractivity contribution in [3.63, 3.8) is 0 Å². The lowest BCUT2D eigenvalue weighted by Gasteiger charge is -2.27. The van der Waals surface area contributed by atoms with E-state index in [0.717, 1.165) is 73.3 Å². The van der Waals surface area contributed by atoms with Crippen LogP contribution in [0.25, 0.3) is 61.6 Å². The number of aromatic hydroxyl groups is 1. The monoisotopic (exact) mass is 717 g/mol. The van der Waals surface area contributed by atoms with Crippen LogP contribution in [0.3, 0.4) is 0 Å². The molecule has 0 saturated carbocycles. The van der Waals surface area contributed by atoms with Crippen LogP contribution in [0.2, 0.25) is 0 Å². The first-order valence-corrected chi connectivity index (χ1v) is 19.1. The minimum absolute atomic E-state index is 0.140. The van der Waals surface area contributed by atoms with Gasteiger partial charge in [-0.1, -0.05) is 145 Å². The second-order valence-corrected chi connectivity index (χ2v) is 16.6. The third-order valence-electron chi connectivity index (χ3n) is 10.4. The molecule has 0 unspecified atom stereocenters. The van der Waals surface area contributed by atoms with Crippen molar-refractivity contribution in [3.05, 3.63) is 180 Å². The lowest BCUT2D eigenvalue weighted by atomic mass is 9.79. The standard InChI is InChI=1S/C51H47N3O/c1-50(2,3)40-32-43(48(55)44(33-40)51(4,5)6)49-53-47-42(23-16-24-46(47)54(49)41-21-14-9-15-22-41)38-28-35(27-34-17-10-7-11-18-34)29-39(30-38)45-31-37(25-26-52-45)36-19-12-8-13-20-36/h7-26,28-33,55H,27H2,1-6H3. The molecule has 4 heteroatoms. The van der Waals surface area contributed by atoms with Gasteiger partial charge in [-0.05, 0) is 99.2 Å². The van der Waals surface area contributed by atoms with E-state index in [1.807, 2.05) is 18.3 Å². The first-order valence-electron chi connectivity index (χ1n) is 19.1. The van der Waals surface area contributed by atoms with Crippen LogP contribution in [0.15, 0.2) is 158 Å². The number of rotatable bonds is 7. The molecule has 0 atom stereocenters. The molecule has 2 heterocycles. The predicted octanol–water partition coefficient (Wildman–Crippen LogP) is 13.0. The third kappa shape index (κ3) is 7.20. The molecule has 0 spiro atoms. The Morgan fingerprint density at radius 2 is 1.22 bits per heavy atom. The molecule has 2 aromatic heterocycles. The van der Waals surface area contributed by atoms with E-state index in [-0.39, 0.29) is 16.6 Å².